The molecule has 2 rings (SSSR count). The molecule has 146 valence electrons. The maximum atomic E-state index is 12.4. The van der Waals surface area contributed by atoms with Gasteiger partial charge in [-0.1, -0.05) is 77.3 Å². The lowest BCUT2D eigenvalue weighted by molar-refractivity contribution is 0.0930. The summed E-state index contributed by atoms with van der Waals surface area (Å²) < 4.78 is 3.49. The number of benzene rings is 1. The Morgan fingerprint density at radius 2 is 1.88 bits per heavy atom. The molecule has 9 heteroatoms. The lowest BCUT2D eigenvalue weighted by Crippen LogP contribution is -2.47. The molecule has 2 atom stereocenters. The summed E-state index contributed by atoms with van der Waals surface area (Å²) in [4.78, 5) is 13.9. The van der Waals surface area contributed by atoms with Crippen LogP contribution >= 0.6 is 58.0 Å². The number of nitrogens with one attached hydrogen (secondary N) is 1. The largest absolute Gasteiger partial charge is 0.445 e. The first-order valence-corrected chi connectivity index (χ1v) is 10.2. The molecule has 1 fully saturated rings. The Hall–Kier alpha value is -0.260. The van der Waals surface area contributed by atoms with E-state index in [0.29, 0.717) is 10.0 Å². The number of anilines is 1. The Labute approximate surface area is 179 Å². The Kier molecular flexibility index (Phi) is 8.30. The van der Waals surface area contributed by atoms with Crippen molar-refractivity contribution in [3.8, 4) is 0 Å². The molecule has 0 heterocycles. The summed E-state index contributed by atoms with van der Waals surface area (Å²) in [5.74, 6) is 0. The molecule has 1 saturated carbocycles. The molecule has 1 aliphatic carbocycles. The Balaban J connectivity index is 2.09. The fraction of sp³-hybridized carbons (Fsp3) is 0.588. The third-order valence-corrected chi connectivity index (χ3v) is 5.46. The van der Waals surface area contributed by atoms with Crippen LogP contribution in [-0.2, 0) is 4.74 Å². The van der Waals surface area contributed by atoms with Gasteiger partial charge in [-0.05, 0) is 31.0 Å². The maximum Gasteiger partial charge on any atom is 0.409 e. The smallest absolute Gasteiger partial charge is 0.409 e. The summed E-state index contributed by atoms with van der Waals surface area (Å²) in [5.41, 5.74) is 0.861. The van der Waals surface area contributed by atoms with E-state index in [4.69, 9.17) is 62.7 Å². The van der Waals surface area contributed by atoms with Gasteiger partial charge in [0, 0.05) is 18.8 Å². The molecule has 1 aliphatic rings. The third-order valence-electron chi connectivity index (χ3n) is 4.40. The van der Waals surface area contributed by atoms with E-state index < -0.39 is 9.89 Å². The van der Waals surface area contributed by atoms with E-state index in [0.717, 1.165) is 37.8 Å². The van der Waals surface area contributed by atoms with Crippen molar-refractivity contribution in [2.24, 2.45) is 0 Å². The fourth-order valence-electron chi connectivity index (χ4n) is 3.10. The molecule has 0 aliphatic heterocycles. The molecule has 4 nitrogen and oxygen atoms in total. The average Bonchev–Trinajstić information content (AvgIpc) is 2.80. The van der Waals surface area contributed by atoms with Crippen LogP contribution in [0.15, 0.2) is 18.2 Å². The van der Waals surface area contributed by atoms with E-state index in [9.17, 15) is 4.79 Å². The van der Waals surface area contributed by atoms with Crippen LogP contribution in [0.1, 0.15) is 32.1 Å². The Morgan fingerprint density at radius 1 is 1.19 bits per heavy atom. The van der Waals surface area contributed by atoms with Gasteiger partial charge < -0.3 is 15.0 Å². The first-order chi connectivity index (χ1) is 12.2. The van der Waals surface area contributed by atoms with Crippen molar-refractivity contribution in [2.75, 3.05) is 19.0 Å². The molecule has 26 heavy (non-hydrogen) atoms. The minimum atomic E-state index is -1.63. The van der Waals surface area contributed by atoms with E-state index in [1.165, 1.54) is 0 Å². The van der Waals surface area contributed by atoms with Gasteiger partial charge in [0.1, 0.15) is 6.61 Å². The number of hydrogen-bond acceptors (Lipinski definition) is 3. The first kappa shape index (κ1) is 22.0. The molecule has 0 radical (unpaired) electrons. The number of ether oxygens (including phenoxy) is 1. The number of likely N-dealkylation sites (N-methyl/N-ethyl adjacent to an activating group) is 1. The van der Waals surface area contributed by atoms with Crippen molar-refractivity contribution >= 4 is 69.8 Å². The predicted octanol–water partition coefficient (Wildman–Crippen LogP) is 6.55. The van der Waals surface area contributed by atoms with Gasteiger partial charge >= 0.3 is 6.09 Å². The second-order valence-electron chi connectivity index (χ2n) is 6.37. The Bertz CT molecular complexity index is 624. The highest BCUT2D eigenvalue weighted by molar-refractivity contribution is 6.67. The van der Waals surface area contributed by atoms with Crippen LogP contribution in [0.2, 0.25) is 10.0 Å². The van der Waals surface area contributed by atoms with E-state index in [2.05, 4.69) is 5.32 Å². The lowest BCUT2D eigenvalue weighted by Gasteiger charge is -2.34. The van der Waals surface area contributed by atoms with E-state index in [-0.39, 0.29) is 18.7 Å². The maximum absolute atomic E-state index is 12.4. The third kappa shape index (κ3) is 6.72. The normalized spacial score (nSPS) is 21.0. The van der Waals surface area contributed by atoms with Crippen LogP contribution < -0.4 is 5.32 Å². The second-order valence-corrected chi connectivity index (χ2v) is 9.70. The summed E-state index contributed by atoms with van der Waals surface area (Å²) in [6.07, 6.45) is 4.50. The van der Waals surface area contributed by atoms with Crippen LogP contribution in [-0.4, -0.2) is 40.5 Å². The monoisotopic (exact) mass is 460 g/mol. The van der Waals surface area contributed by atoms with Gasteiger partial charge in [-0.15, -0.1) is 0 Å². The molecule has 1 aromatic rings. The van der Waals surface area contributed by atoms with E-state index in [1.54, 1.807) is 24.1 Å². The molecule has 1 aromatic carbocycles. The minimum absolute atomic E-state index is 0.0465. The Morgan fingerprint density at radius 3 is 2.54 bits per heavy atom. The van der Waals surface area contributed by atoms with Gasteiger partial charge in [-0.3, -0.25) is 0 Å². The number of carbonyl (C=O) groups is 1. The van der Waals surface area contributed by atoms with Crippen molar-refractivity contribution in [3.05, 3.63) is 28.2 Å². The number of halogens is 5. The van der Waals surface area contributed by atoms with Gasteiger partial charge in [0.25, 0.3) is 0 Å². The zero-order valence-corrected chi connectivity index (χ0v) is 18.1. The minimum Gasteiger partial charge on any atom is -0.445 e. The van der Waals surface area contributed by atoms with Crippen molar-refractivity contribution in [1.82, 2.24) is 4.90 Å². The standard InChI is InChI=1S/C17H21Cl5N2O2/c1-24(16(25)26-10-17(20,21)22)15-6-4-2-3-5-14(15)23-11-7-8-12(18)13(19)9-11/h7-9,14-15,23H,2-6,10H2,1H3/t14-,15-/m1/s1. The molecular formula is C17H21Cl5N2O2. The van der Waals surface area contributed by atoms with Crippen molar-refractivity contribution in [3.63, 3.8) is 0 Å². The molecule has 0 spiro atoms. The van der Waals surface area contributed by atoms with E-state index in [1.807, 2.05) is 6.07 Å². The highest BCUT2D eigenvalue weighted by Gasteiger charge is 2.32. The summed E-state index contributed by atoms with van der Waals surface area (Å²) in [6.45, 7) is -0.293. The topological polar surface area (TPSA) is 41.6 Å². The number of alkyl halides is 3. The second kappa shape index (κ2) is 9.79. The molecule has 0 bridgehead atoms. The number of carbonyl (C=O) groups excluding carboxylic acids is 1. The first-order valence-electron chi connectivity index (χ1n) is 8.35. The van der Waals surface area contributed by atoms with Crippen LogP contribution in [0.3, 0.4) is 0 Å². The summed E-state index contributed by atoms with van der Waals surface area (Å²) >= 11 is 29.1. The van der Waals surface area contributed by atoms with Crippen LogP contribution in [0, 0.1) is 0 Å². The zero-order chi connectivity index (χ0) is 19.3. The quantitative estimate of drug-likeness (QED) is 0.408. The van der Waals surface area contributed by atoms with Crippen LogP contribution in [0.4, 0.5) is 10.5 Å². The zero-order valence-electron chi connectivity index (χ0n) is 14.3. The molecular weight excluding hydrogens is 441 g/mol. The van der Waals surface area contributed by atoms with Crippen LogP contribution in [0.25, 0.3) is 0 Å². The number of nitrogens with zero attached hydrogens (tertiary/aromatic N) is 1. The van der Waals surface area contributed by atoms with Gasteiger partial charge in [0.15, 0.2) is 0 Å². The molecule has 0 saturated heterocycles. The van der Waals surface area contributed by atoms with Crippen molar-refractivity contribution < 1.29 is 9.53 Å². The van der Waals surface area contributed by atoms with Gasteiger partial charge in [-0.2, -0.15) is 0 Å². The highest BCUT2D eigenvalue weighted by Crippen LogP contribution is 2.30. The molecule has 1 amide bonds. The predicted molar refractivity (Wildman–Crippen MR) is 110 cm³/mol. The highest BCUT2D eigenvalue weighted by atomic mass is 35.6. The fourth-order valence-corrected chi connectivity index (χ4v) is 3.56. The summed E-state index contributed by atoms with van der Waals surface area (Å²) in [7, 11) is 1.71. The summed E-state index contributed by atoms with van der Waals surface area (Å²) in [6, 6.07) is 5.41. The molecule has 0 aromatic heterocycles. The SMILES string of the molecule is CN(C(=O)OCC(Cl)(Cl)Cl)[C@@H]1CCCCC[C@H]1Nc1ccc(Cl)c(Cl)c1. The van der Waals surface area contributed by atoms with Gasteiger partial charge in [0.2, 0.25) is 3.79 Å². The van der Waals surface area contributed by atoms with E-state index >= 15 is 0 Å². The van der Waals surface area contributed by atoms with Crippen LogP contribution in [0.5, 0.6) is 0 Å². The average molecular weight is 463 g/mol. The van der Waals surface area contributed by atoms with Gasteiger partial charge in [-0.25, -0.2) is 4.79 Å². The number of rotatable bonds is 4. The molecule has 1 N–H and O–H groups in total. The summed E-state index contributed by atoms with van der Waals surface area (Å²) in [5, 5.41) is 4.46. The molecule has 0 unspecified atom stereocenters. The lowest BCUT2D eigenvalue weighted by atomic mass is 10.0. The van der Waals surface area contributed by atoms with Crippen molar-refractivity contribution in [1.29, 1.82) is 0 Å². The number of hydrogen-bond donors (Lipinski definition) is 1. The number of amides is 1. The van der Waals surface area contributed by atoms with Crippen molar-refractivity contribution in [2.45, 2.75) is 48.0 Å². The van der Waals surface area contributed by atoms with Gasteiger partial charge in [0.05, 0.1) is 16.1 Å².